The lowest BCUT2D eigenvalue weighted by molar-refractivity contribution is -0.137. The number of hydrogen-bond donors (Lipinski definition) is 2. The topological polar surface area (TPSA) is 84.1 Å². The molecule has 1 aliphatic rings. The number of hydrogen-bond acceptors (Lipinski definition) is 4. The van der Waals surface area contributed by atoms with Gasteiger partial charge in [0.05, 0.1) is 17.9 Å². The monoisotopic (exact) mass is 387 g/mol. The van der Waals surface area contributed by atoms with Crippen molar-refractivity contribution in [3.8, 4) is 22.5 Å². The van der Waals surface area contributed by atoms with Gasteiger partial charge in [-0.3, -0.25) is 9.78 Å². The summed E-state index contributed by atoms with van der Waals surface area (Å²) in [6, 6.07) is 13.6. The van der Waals surface area contributed by atoms with E-state index in [-0.39, 0.29) is 11.9 Å². The van der Waals surface area contributed by atoms with Crippen LogP contribution in [0, 0.1) is 0 Å². The van der Waals surface area contributed by atoms with Crippen molar-refractivity contribution in [2.75, 3.05) is 13.2 Å². The van der Waals surface area contributed by atoms with Crippen LogP contribution in [0.25, 0.3) is 28.6 Å². The fraction of sp³-hybridized carbons (Fsp3) is 0.174. The second-order valence-electron chi connectivity index (χ2n) is 6.72. The number of benzene rings is 1. The lowest BCUT2D eigenvalue weighted by Gasteiger charge is -2.11. The Labute approximate surface area is 168 Å². The van der Waals surface area contributed by atoms with E-state index in [4.69, 9.17) is 4.74 Å². The molecule has 1 aliphatic heterocycles. The number of esters is 1. The molecule has 3 aromatic rings. The lowest BCUT2D eigenvalue weighted by atomic mass is 10.0. The Morgan fingerprint density at radius 3 is 2.93 bits per heavy atom. The normalized spacial score (nSPS) is 13.2. The second-order valence-corrected chi connectivity index (χ2v) is 6.72. The van der Waals surface area contributed by atoms with Crippen LogP contribution in [-0.4, -0.2) is 35.0 Å². The van der Waals surface area contributed by atoms with Crippen LogP contribution in [0.1, 0.15) is 28.5 Å². The maximum atomic E-state index is 12.0. The fourth-order valence-electron chi connectivity index (χ4n) is 3.36. The Morgan fingerprint density at radius 2 is 2.10 bits per heavy atom. The van der Waals surface area contributed by atoms with Crippen molar-refractivity contribution in [1.29, 1.82) is 0 Å². The third-order valence-electron chi connectivity index (χ3n) is 4.76. The van der Waals surface area contributed by atoms with Gasteiger partial charge in [-0.1, -0.05) is 18.2 Å². The molecule has 0 saturated carbocycles. The van der Waals surface area contributed by atoms with Gasteiger partial charge >= 0.3 is 5.97 Å². The summed E-state index contributed by atoms with van der Waals surface area (Å²) in [6.07, 6.45) is 5.70. The molecule has 4 rings (SSSR count). The van der Waals surface area contributed by atoms with Crippen LogP contribution in [0.5, 0.6) is 0 Å². The van der Waals surface area contributed by atoms with Crippen LogP contribution in [0.3, 0.4) is 0 Å². The van der Waals surface area contributed by atoms with Crippen LogP contribution in [0.4, 0.5) is 0 Å². The van der Waals surface area contributed by atoms with Crippen molar-refractivity contribution in [2.45, 2.75) is 13.3 Å². The minimum Gasteiger partial charge on any atom is -0.463 e. The fourth-order valence-corrected chi connectivity index (χ4v) is 3.36. The maximum Gasteiger partial charge on any atom is 0.330 e. The van der Waals surface area contributed by atoms with E-state index in [1.165, 1.54) is 6.08 Å². The van der Waals surface area contributed by atoms with Gasteiger partial charge in [-0.15, -0.1) is 0 Å². The van der Waals surface area contributed by atoms with E-state index in [2.05, 4.69) is 15.3 Å². The molecule has 0 bridgehead atoms. The Balaban J connectivity index is 1.62. The molecule has 6 nitrogen and oxygen atoms in total. The summed E-state index contributed by atoms with van der Waals surface area (Å²) in [4.78, 5) is 31.4. The van der Waals surface area contributed by atoms with Crippen molar-refractivity contribution in [1.82, 2.24) is 15.3 Å². The van der Waals surface area contributed by atoms with E-state index in [0.717, 1.165) is 40.2 Å². The van der Waals surface area contributed by atoms with Crippen molar-refractivity contribution in [3.05, 3.63) is 71.6 Å². The highest BCUT2D eigenvalue weighted by atomic mass is 16.5. The third-order valence-corrected chi connectivity index (χ3v) is 4.76. The molecule has 0 radical (unpaired) electrons. The molecule has 2 aromatic heterocycles. The largest absolute Gasteiger partial charge is 0.463 e. The Kier molecular flexibility index (Phi) is 5.24. The number of H-pyrrole nitrogens is 1. The van der Waals surface area contributed by atoms with E-state index < -0.39 is 0 Å². The number of aromatic nitrogens is 2. The van der Waals surface area contributed by atoms with Crippen LogP contribution >= 0.6 is 0 Å². The highest BCUT2D eigenvalue weighted by Crippen LogP contribution is 2.27. The third kappa shape index (κ3) is 4.11. The van der Waals surface area contributed by atoms with Gasteiger partial charge in [0.15, 0.2) is 0 Å². The first-order chi connectivity index (χ1) is 14.1. The Hall–Kier alpha value is -3.67. The number of fused-ring (bicyclic) bond motifs is 1. The number of ether oxygens (including phenoxy) is 1. The first kappa shape index (κ1) is 18.7. The highest BCUT2D eigenvalue weighted by Gasteiger charge is 2.20. The number of rotatable bonds is 5. The number of nitrogens with zero attached hydrogens (tertiary/aromatic N) is 1. The number of amides is 1. The molecule has 0 fully saturated rings. The molecule has 2 N–H and O–H groups in total. The maximum absolute atomic E-state index is 12.0. The van der Waals surface area contributed by atoms with Gasteiger partial charge in [0.1, 0.15) is 0 Å². The van der Waals surface area contributed by atoms with E-state index in [1.807, 2.05) is 42.5 Å². The van der Waals surface area contributed by atoms with E-state index in [0.29, 0.717) is 18.7 Å². The SMILES string of the molecule is CCOC(=O)/C=C/c1cccc(-c2cc(-c3cc4c([nH]3)CCNC4=O)ccn2)c1. The molecule has 29 heavy (non-hydrogen) atoms. The molecular formula is C23H21N3O3. The summed E-state index contributed by atoms with van der Waals surface area (Å²) in [6.45, 7) is 2.78. The number of aromatic amines is 1. The molecule has 0 saturated heterocycles. The molecule has 0 unspecified atom stereocenters. The molecule has 0 spiro atoms. The molecule has 146 valence electrons. The summed E-state index contributed by atoms with van der Waals surface area (Å²) in [5, 5.41) is 2.86. The van der Waals surface area contributed by atoms with Crippen molar-refractivity contribution in [3.63, 3.8) is 0 Å². The van der Waals surface area contributed by atoms with Gasteiger partial charge in [0.25, 0.3) is 5.91 Å². The van der Waals surface area contributed by atoms with E-state index >= 15 is 0 Å². The first-order valence-corrected chi connectivity index (χ1v) is 9.56. The summed E-state index contributed by atoms with van der Waals surface area (Å²) >= 11 is 0. The predicted octanol–water partition coefficient (Wildman–Crippen LogP) is 3.61. The number of nitrogens with one attached hydrogen (secondary N) is 2. The van der Waals surface area contributed by atoms with Crippen LogP contribution in [-0.2, 0) is 16.0 Å². The number of pyridine rings is 1. The van der Waals surface area contributed by atoms with Gasteiger partial charge in [-0.2, -0.15) is 0 Å². The van der Waals surface area contributed by atoms with Crippen molar-refractivity contribution < 1.29 is 14.3 Å². The first-order valence-electron chi connectivity index (χ1n) is 9.56. The summed E-state index contributed by atoms with van der Waals surface area (Å²) in [5.41, 5.74) is 6.16. The van der Waals surface area contributed by atoms with Crippen LogP contribution < -0.4 is 5.32 Å². The zero-order valence-electron chi connectivity index (χ0n) is 16.1. The molecule has 3 heterocycles. The molecule has 0 aliphatic carbocycles. The standard InChI is InChI=1S/C23H21N3O3/c1-2-29-22(27)7-6-15-4-3-5-16(12-15)20-13-17(8-10-24-20)21-14-18-19(26-21)9-11-25-23(18)28/h3-8,10,12-14,26H,2,9,11H2,1H3,(H,25,28)/b7-6+. The van der Waals surface area contributed by atoms with Gasteiger partial charge in [-0.05, 0) is 42.8 Å². The number of carbonyl (C=O) groups excluding carboxylic acids is 2. The summed E-state index contributed by atoms with van der Waals surface area (Å²) in [5.74, 6) is -0.401. The van der Waals surface area contributed by atoms with E-state index in [9.17, 15) is 9.59 Å². The van der Waals surface area contributed by atoms with Gasteiger partial charge < -0.3 is 15.0 Å². The molecule has 1 amide bonds. The van der Waals surface area contributed by atoms with Gasteiger partial charge in [0, 0.05) is 47.8 Å². The van der Waals surface area contributed by atoms with Crippen molar-refractivity contribution >= 4 is 18.0 Å². The zero-order chi connectivity index (χ0) is 20.2. The number of carbonyl (C=O) groups is 2. The summed E-state index contributed by atoms with van der Waals surface area (Å²) in [7, 11) is 0. The van der Waals surface area contributed by atoms with Gasteiger partial charge in [0.2, 0.25) is 0 Å². The van der Waals surface area contributed by atoms with Gasteiger partial charge in [-0.25, -0.2) is 4.79 Å². The zero-order valence-corrected chi connectivity index (χ0v) is 16.1. The quantitative estimate of drug-likeness (QED) is 0.517. The second kappa shape index (κ2) is 8.14. The molecule has 0 atom stereocenters. The molecular weight excluding hydrogens is 366 g/mol. The van der Waals surface area contributed by atoms with Crippen LogP contribution in [0.15, 0.2) is 54.7 Å². The molecule has 1 aromatic carbocycles. The Bertz CT molecular complexity index is 1100. The molecule has 6 heteroatoms. The lowest BCUT2D eigenvalue weighted by Crippen LogP contribution is -2.31. The summed E-state index contributed by atoms with van der Waals surface area (Å²) < 4.78 is 4.92. The van der Waals surface area contributed by atoms with Crippen LogP contribution in [0.2, 0.25) is 0 Å². The average Bonchev–Trinajstić information content (AvgIpc) is 3.19. The smallest absolute Gasteiger partial charge is 0.330 e. The highest BCUT2D eigenvalue weighted by molar-refractivity contribution is 5.97. The van der Waals surface area contributed by atoms with E-state index in [1.54, 1.807) is 19.2 Å². The Morgan fingerprint density at radius 1 is 1.21 bits per heavy atom. The van der Waals surface area contributed by atoms with Crippen molar-refractivity contribution in [2.24, 2.45) is 0 Å². The average molecular weight is 387 g/mol. The minimum atomic E-state index is -0.363. The predicted molar refractivity (Wildman–Crippen MR) is 111 cm³/mol. The minimum absolute atomic E-state index is 0.0379.